The molecule has 0 atom stereocenters. The van der Waals surface area contributed by atoms with Gasteiger partial charge in [-0.25, -0.2) is 0 Å². The summed E-state index contributed by atoms with van der Waals surface area (Å²) in [6.45, 7) is 0.850. The first-order chi connectivity index (χ1) is 9.19. The van der Waals surface area contributed by atoms with Crippen molar-refractivity contribution in [1.29, 1.82) is 0 Å². The molecule has 7 heteroatoms. The molecular weight excluding hydrogens is 304 g/mol. The summed E-state index contributed by atoms with van der Waals surface area (Å²) in [6.07, 6.45) is 0. The molecule has 1 heterocycles. The molecule has 1 N–H and O–H groups in total. The molecule has 19 heavy (non-hydrogen) atoms. The summed E-state index contributed by atoms with van der Waals surface area (Å²) in [6, 6.07) is 5.15. The Labute approximate surface area is 125 Å². The average molecular weight is 317 g/mol. The molecule has 0 bridgehead atoms. The Balaban J connectivity index is 1.86. The van der Waals surface area contributed by atoms with Gasteiger partial charge >= 0.3 is 0 Å². The van der Waals surface area contributed by atoms with E-state index in [4.69, 9.17) is 16.3 Å². The Morgan fingerprint density at radius 1 is 1.63 bits per heavy atom. The molecule has 0 radical (unpaired) electrons. The number of ether oxygens (including phenoxy) is 1. The number of thioether (sulfide) groups is 2. The Morgan fingerprint density at radius 3 is 3.11 bits per heavy atom. The number of aliphatic imine (C=N–C) groups is 1. The van der Waals surface area contributed by atoms with Gasteiger partial charge in [-0.3, -0.25) is 9.79 Å². The predicted molar refractivity (Wildman–Crippen MR) is 83.9 cm³/mol. The van der Waals surface area contributed by atoms with Crippen LogP contribution < -0.4 is 10.1 Å². The third-order valence-electron chi connectivity index (χ3n) is 2.32. The molecular formula is C12H13ClN2O2S2. The van der Waals surface area contributed by atoms with Crippen LogP contribution in [0.3, 0.4) is 0 Å². The Kier molecular flexibility index (Phi) is 5.42. The van der Waals surface area contributed by atoms with Crippen LogP contribution in [0.1, 0.15) is 0 Å². The van der Waals surface area contributed by atoms with E-state index in [1.54, 1.807) is 37.1 Å². The number of carbonyl (C=O) groups excluding carboxylic acids is 1. The van der Waals surface area contributed by atoms with E-state index in [2.05, 4.69) is 10.3 Å². The first-order valence-corrected chi connectivity index (χ1v) is 7.97. The fourth-order valence-corrected chi connectivity index (χ4v) is 3.54. The molecule has 0 aliphatic carbocycles. The number of nitrogens with zero attached hydrogens (tertiary/aromatic N) is 1. The van der Waals surface area contributed by atoms with Crippen LogP contribution in [0.2, 0.25) is 5.02 Å². The van der Waals surface area contributed by atoms with E-state index in [0.717, 1.165) is 16.7 Å². The molecule has 0 spiro atoms. The SMILES string of the molecule is COc1ccc(NC(=O)CSC2=NCCS2)cc1Cl. The van der Waals surface area contributed by atoms with Crippen LogP contribution in [0, 0.1) is 0 Å². The molecule has 0 saturated heterocycles. The fraction of sp³-hybridized carbons (Fsp3) is 0.333. The molecule has 0 saturated carbocycles. The number of methoxy groups -OCH3 is 1. The first kappa shape index (κ1) is 14.6. The largest absolute Gasteiger partial charge is 0.495 e. The Morgan fingerprint density at radius 2 is 2.47 bits per heavy atom. The van der Waals surface area contributed by atoms with Crippen molar-refractivity contribution in [3.05, 3.63) is 23.2 Å². The first-order valence-electron chi connectivity index (χ1n) is 5.62. The van der Waals surface area contributed by atoms with Crippen LogP contribution in [-0.4, -0.2) is 35.4 Å². The molecule has 1 aliphatic heterocycles. The van der Waals surface area contributed by atoms with Crippen LogP contribution in [0.25, 0.3) is 0 Å². The highest BCUT2D eigenvalue weighted by Gasteiger charge is 2.11. The third kappa shape index (κ3) is 4.33. The van der Waals surface area contributed by atoms with E-state index < -0.39 is 0 Å². The van der Waals surface area contributed by atoms with Gasteiger partial charge in [0.2, 0.25) is 5.91 Å². The van der Waals surface area contributed by atoms with Crippen LogP contribution in [-0.2, 0) is 4.79 Å². The molecule has 0 unspecified atom stereocenters. The molecule has 102 valence electrons. The number of hydrogen-bond acceptors (Lipinski definition) is 5. The van der Waals surface area contributed by atoms with E-state index in [1.165, 1.54) is 11.8 Å². The lowest BCUT2D eigenvalue weighted by molar-refractivity contribution is -0.113. The molecule has 0 aromatic heterocycles. The summed E-state index contributed by atoms with van der Waals surface area (Å²) < 4.78 is 6.04. The predicted octanol–water partition coefficient (Wildman–Crippen LogP) is 3.12. The second-order valence-electron chi connectivity index (χ2n) is 3.68. The highest BCUT2D eigenvalue weighted by Crippen LogP contribution is 2.27. The van der Waals surface area contributed by atoms with E-state index in [-0.39, 0.29) is 5.91 Å². The minimum absolute atomic E-state index is 0.0681. The van der Waals surface area contributed by atoms with Crippen LogP contribution >= 0.6 is 35.1 Å². The lowest BCUT2D eigenvalue weighted by Crippen LogP contribution is -2.14. The lowest BCUT2D eigenvalue weighted by atomic mass is 10.3. The molecule has 1 amide bonds. The lowest BCUT2D eigenvalue weighted by Gasteiger charge is -2.07. The topological polar surface area (TPSA) is 50.7 Å². The quantitative estimate of drug-likeness (QED) is 0.927. The van der Waals surface area contributed by atoms with Gasteiger partial charge in [0.1, 0.15) is 10.1 Å². The fourth-order valence-electron chi connectivity index (χ4n) is 1.47. The second-order valence-corrected chi connectivity index (χ2v) is 6.40. The zero-order valence-corrected chi connectivity index (χ0v) is 12.7. The van der Waals surface area contributed by atoms with Crippen molar-refractivity contribution < 1.29 is 9.53 Å². The van der Waals surface area contributed by atoms with Crippen molar-refractivity contribution in [3.8, 4) is 5.75 Å². The maximum absolute atomic E-state index is 11.8. The number of benzene rings is 1. The van der Waals surface area contributed by atoms with Gasteiger partial charge in [-0.1, -0.05) is 35.1 Å². The standard InChI is InChI=1S/C12H13ClN2O2S2/c1-17-10-3-2-8(6-9(10)13)15-11(16)7-19-12-14-4-5-18-12/h2-3,6H,4-5,7H2,1H3,(H,15,16). The smallest absolute Gasteiger partial charge is 0.234 e. The Bertz CT molecular complexity index is 509. The van der Waals surface area contributed by atoms with Crippen molar-refractivity contribution >= 4 is 51.1 Å². The van der Waals surface area contributed by atoms with E-state index >= 15 is 0 Å². The summed E-state index contributed by atoms with van der Waals surface area (Å²) in [5, 5.41) is 3.27. The highest BCUT2D eigenvalue weighted by atomic mass is 35.5. The summed E-state index contributed by atoms with van der Waals surface area (Å²) in [5.74, 6) is 1.89. The van der Waals surface area contributed by atoms with Gasteiger partial charge in [-0.2, -0.15) is 0 Å². The monoisotopic (exact) mass is 316 g/mol. The van der Waals surface area contributed by atoms with Crippen LogP contribution in [0.5, 0.6) is 5.75 Å². The second kappa shape index (κ2) is 7.07. The summed E-state index contributed by atoms with van der Waals surface area (Å²) in [4.78, 5) is 16.0. The van der Waals surface area contributed by atoms with E-state index in [9.17, 15) is 4.79 Å². The summed E-state index contributed by atoms with van der Waals surface area (Å²) in [7, 11) is 1.55. The van der Waals surface area contributed by atoms with Crippen LogP contribution in [0.4, 0.5) is 5.69 Å². The zero-order chi connectivity index (χ0) is 13.7. The maximum Gasteiger partial charge on any atom is 0.234 e. The molecule has 1 aromatic carbocycles. The van der Waals surface area contributed by atoms with Gasteiger partial charge in [-0.05, 0) is 18.2 Å². The number of anilines is 1. The molecule has 2 rings (SSSR count). The minimum Gasteiger partial charge on any atom is -0.495 e. The van der Waals surface area contributed by atoms with E-state index in [1.807, 2.05) is 0 Å². The summed E-state index contributed by atoms with van der Waals surface area (Å²) >= 11 is 9.15. The van der Waals surface area contributed by atoms with Crippen LogP contribution in [0.15, 0.2) is 23.2 Å². The third-order valence-corrected chi connectivity index (χ3v) is 4.87. The number of hydrogen-bond donors (Lipinski definition) is 1. The number of amides is 1. The summed E-state index contributed by atoms with van der Waals surface area (Å²) in [5.41, 5.74) is 0.664. The molecule has 4 nitrogen and oxygen atoms in total. The number of nitrogens with one attached hydrogen (secondary N) is 1. The van der Waals surface area contributed by atoms with Crippen molar-refractivity contribution in [2.45, 2.75) is 0 Å². The van der Waals surface area contributed by atoms with Crippen molar-refractivity contribution in [2.24, 2.45) is 4.99 Å². The molecule has 0 fully saturated rings. The number of carbonyl (C=O) groups is 1. The van der Waals surface area contributed by atoms with Gasteiger partial charge in [-0.15, -0.1) is 0 Å². The highest BCUT2D eigenvalue weighted by molar-refractivity contribution is 8.39. The van der Waals surface area contributed by atoms with Crippen molar-refractivity contribution in [1.82, 2.24) is 0 Å². The Hall–Kier alpha value is -0.850. The van der Waals surface area contributed by atoms with E-state index in [0.29, 0.717) is 22.2 Å². The van der Waals surface area contributed by atoms with Gasteiger partial charge in [0.15, 0.2) is 0 Å². The van der Waals surface area contributed by atoms with Gasteiger partial charge in [0.25, 0.3) is 0 Å². The maximum atomic E-state index is 11.8. The van der Waals surface area contributed by atoms with Gasteiger partial charge in [0, 0.05) is 11.4 Å². The van der Waals surface area contributed by atoms with Crippen molar-refractivity contribution in [3.63, 3.8) is 0 Å². The van der Waals surface area contributed by atoms with Gasteiger partial charge in [0.05, 0.1) is 24.4 Å². The number of rotatable bonds is 4. The van der Waals surface area contributed by atoms with Crippen molar-refractivity contribution in [2.75, 3.05) is 30.5 Å². The zero-order valence-electron chi connectivity index (χ0n) is 10.3. The number of halogens is 1. The molecule has 1 aromatic rings. The normalized spacial score (nSPS) is 14.1. The average Bonchev–Trinajstić information content (AvgIpc) is 2.90. The molecule has 1 aliphatic rings. The van der Waals surface area contributed by atoms with Gasteiger partial charge < -0.3 is 10.1 Å². The minimum atomic E-state index is -0.0681.